The molecule has 7 heteroatoms. The number of rotatable bonds is 6. The fourth-order valence-corrected chi connectivity index (χ4v) is 4.31. The molecular formula is C18H16N2O3S2. The lowest BCUT2D eigenvalue weighted by molar-refractivity contribution is -0.140. The van der Waals surface area contributed by atoms with E-state index in [9.17, 15) is 9.59 Å². The molecule has 3 aromatic rings. The molecule has 0 spiro atoms. The van der Waals surface area contributed by atoms with Crippen LogP contribution in [0.2, 0.25) is 0 Å². The zero-order valence-corrected chi connectivity index (χ0v) is 15.2. The molecule has 0 N–H and O–H groups in total. The molecule has 2 aromatic heterocycles. The zero-order valence-electron chi connectivity index (χ0n) is 13.5. The van der Waals surface area contributed by atoms with Gasteiger partial charge in [-0.2, -0.15) is 0 Å². The highest BCUT2D eigenvalue weighted by Crippen LogP contribution is 2.35. The molecule has 0 saturated heterocycles. The van der Waals surface area contributed by atoms with E-state index in [0.717, 1.165) is 5.56 Å². The van der Waals surface area contributed by atoms with Crippen LogP contribution in [0.15, 0.2) is 64.4 Å². The lowest BCUT2D eigenvalue weighted by Crippen LogP contribution is -2.23. The molecule has 3 rings (SSSR count). The average Bonchev–Trinajstić information content (AvgIpc) is 3.11. The largest absolute Gasteiger partial charge is 0.468 e. The first-order valence-corrected chi connectivity index (χ1v) is 9.30. The number of carbonyl (C=O) groups is 1. The van der Waals surface area contributed by atoms with E-state index in [2.05, 4.69) is 11.6 Å². The van der Waals surface area contributed by atoms with E-state index in [1.807, 2.05) is 35.7 Å². The smallest absolute Gasteiger partial charge is 0.323 e. The molecule has 0 unspecified atom stereocenters. The van der Waals surface area contributed by atoms with Gasteiger partial charge in [-0.25, -0.2) is 4.98 Å². The summed E-state index contributed by atoms with van der Waals surface area (Å²) in [5.74, 6) is -0.388. The lowest BCUT2D eigenvalue weighted by atomic mass is 10.1. The second-order valence-corrected chi connectivity index (χ2v) is 7.15. The minimum absolute atomic E-state index is 0.126. The Hall–Kier alpha value is -2.38. The van der Waals surface area contributed by atoms with E-state index in [-0.39, 0.29) is 11.5 Å². The molecule has 2 heterocycles. The van der Waals surface area contributed by atoms with Crippen LogP contribution < -0.4 is 5.56 Å². The highest BCUT2D eigenvalue weighted by atomic mass is 32.2. The van der Waals surface area contributed by atoms with Crippen LogP contribution in [0.4, 0.5) is 0 Å². The summed E-state index contributed by atoms with van der Waals surface area (Å²) in [6, 6.07) is 11.1. The Morgan fingerprint density at radius 1 is 1.40 bits per heavy atom. The van der Waals surface area contributed by atoms with E-state index in [0.29, 0.717) is 21.9 Å². The maximum atomic E-state index is 12.7. The van der Waals surface area contributed by atoms with Gasteiger partial charge in [-0.1, -0.05) is 48.2 Å². The number of thiophene rings is 1. The number of carbonyl (C=O) groups excluding carboxylic acids is 1. The number of benzene rings is 1. The van der Waals surface area contributed by atoms with Crippen molar-refractivity contribution < 1.29 is 9.53 Å². The summed E-state index contributed by atoms with van der Waals surface area (Å²) in [6.45, 7) is 4.03. The van der Waals surface area contributed by atoms with Crippen LogP contribution in [0.3, 0.4) is 0 Å². The Morgan fingerprint density at radius 2 is 2.16 bits per heavy atom. The van der Waals surface area contributed by atoms with Gasteiger partial charge in [-0.3, -0.25) is 14.2 Å². The van der Waals surface area contributed by atoms with Crippen LogP contribution in [-0.4, -0.2) is 22.6 Å². The number of hydrogen-bond donors (Lipinski definition) is 0. The summed E-state index contributed by atoms with van der Waals surface area (Å²) in [7, 11) is 1.35. The van der Waals surface area contributed by atoms with Gasteiger partial charge in [0.25, 0.3) is 5.56 Å². The molecule has 0 fully saturated rings. The van der Waals surface area contributed by atoms with Crippen molar-refractivity contribution in [1.29, 1.82) is 0 Å². The predicted molar refractivity (Wildman–Crippen MR) is 101 cm³/mol. The van der Waals surface area contributed by atoms with E-state index >= 15 is 0 Å². The number of thioether (sulfide) groups is 1. The molecule has 1 aromatic carbocycles. The summed E-state index contributed by atoms with van der Waals surface area (Å²) < 4.78 is 7.08. The van der Waals surface area contributed by atoms with Crippen molar-refractivity contribution in [2.24, 2.45) is 0 Å². The third-order valence-electron chi connectivity index (χ3n) is 3.58. The van der Waals surface area contributed by atoms with Crippen LogP contribution in [-0.2, 0) is 16.1 Å². The number of esters is 1. The Kier molecular flexibility index (Phi) is 5.35. The van der Waals surface area contributed by atoms with E-state index < -0.39 is 5.25 Å². The average molecular weight is 372 g/mol. The molecule has 0 aliphatic heterocycles. The number of ether oxygens (including phenoxy) is 1. The van der Waals surface area contributed by atoms with Crippen molar-refractivity contribution >= 4 is 39.3 Å². The molecule has 5 nitrogen and oxygen atoms in total. The zero-order chi connectivity index (χ0) is 17.8. The van der Waals surface area contributed by atoms with Crippen LogP contribution >= 0.6 is 23.1 Å². The first kappa shape index (κ1) is 17.4. The third-order valence-corrected chi connectivity index (χ3v) is 5.70. The van der Waals surface area contributed by atoms with Crippen LogP contribution in [0, 0.1) is 0 Å². The van der Waals surface area contributed by atoms with Gasteiger partial charge < -0.3 is 4.74 Å². The van der Waals surface area contributed by atoms with E-state index in [1.165, 1.54) is 34.8 Å². The fourth-order valence-electron chi connectivity index (χ4n) is 2.40. The molecule has 0 aliphatic rings. The summed E-state index contributed by atoms with van der Waals surface area (Å²) in [6.07, 6.45) is 1.64. The molecule has 0 aliphatic carbocycles. The van der Waals surface area contributed by atoms with Crippen molar-refractivity contribution in [2.75, 3.05) is 7.11 Å². The van der Waals surface area contributed by atoms with Gasteiger partial charge in [-0.15, -0.1) is 17.9 Å². The molecule has 1 atom stereocenters. The third kappa shape index (κ3) is 3.52. The summed E-state index contributed by atoms with van der Waals surface area (Å²) >= 11 is 2.57. The number of allylic oxidation sites excluding steroid dienone is 1. The minimum atomic E-state index is -0.606. The van der Waals surface area contributed by atoms with E-state index in [4.69, 9.17) is 4.74 Å². The van der Waals surface area contributed by atoms with Crippen LogP contribution in [0.5, 0.6) is 0 Å². The quantitative estimate of drug-likeness (QED) is 0.286. The maximum Gasteiger partial charge on any atom is 0.323 e. The maximum absolute atomic E-state index is 12.7. The molecule has 128 valence electrons. The van der Waals surface area contributed by atoms with Crippen molar-refractivity contribution in [3.8, 4) is 0 Å². The van der Waals surface area contributed by atoms with Gasteiger partial charge >= 0.3 is 5.97 Å². The molecular weight excluding hydrogens is 356 g/mol. The minimum Gasteiger partial charge on any atom is -0.468 e. The Balaban J connectivity index is 2.10. The molecule has 0 bridgehead atoms. The first-order valence-electron chi connectivity index (χ1n) is 7.54. The molecule has 25 heavy (non-hydrogen) atoms. The van der Waals surface area contributed by atoms with Crippen molar-refractivity contribution in [3.05, 3.63) is 70.4 Å². The number of fused-ring (bicyclic) bond motifs is 1. The van der Waals surface area contributed by atoms with Gasteiger partial charge in [0.05, 0.1) is 12.6 Å². The number of nitrogens with zero attached hydrogens (tertiary/aromatic N) is 2. The highest BCUT2D eigenvalue weighted by Gasteiger charge is 2.25. The monoisotopic (exact) mass is 372 g/mol. The van der Waals surface area contributed by atoms with Crippen LogP contribution in [0.1, 0.15) is 10.8 Å². The molecule has 0 saturated carbocycles. The molecule has 0 amide bonds. The SMILES string of the molecule is C=CCn1c(S[C@@H](C(=O)OC)c2ccccc2)nc2ccsc2c1=O. The summed E-state index contributed by atoms with van der Waals surface area (Å²) in [5, 5.41) is 1.70. The molecule has 0 radical (unpaired) electrons. The number of methoxy groups -OCH3 is 1. The van der Waals surface area contributed by atoms with Crippen molar-refractivity contribution in [1.82, 2.24) is 9.55 Å². The Bertz CT molecular complexity index is 963. The lowest BCUT2D eigenvalue weighted by Gasteiger charge is -2.16. The number of aromatic nitrogens is 2. The predicted octanol–water partition coefficient (Wildman–Crippen LogP) is 3.65. The fraction of sp³-hybridized carbons (Fsp3) is 0.167. The van der Waals surface area contributed by atoms with Crippen LogP contribution in [0.25, 0.3) is 10.2 Å². The van der Waals surface area contributed by atoms with Crippen molar-refractivity contribution in [3.63, 3.8) is 0 Å². The topological polar surface area (TPSA) is 61.2 Å². The van der Waals surface area contributed by atoms with Gasteiger partial charge in [0.1, 0.15) is 9.95 Å². The standard InChI is InChI=1S/C18H16N2O3S2/c1-3-10-20-16(21)15-13(9-11-24-15)19-18(20)25-14(17(22)23-2)12-7-5-4-6-8-12/h3-9,11,14H,1,10H2,2H3/t14-/m1/s1. The second kappa shape index (κ2) is 7.67. The van der Waals surface area contributed by atoms with Gasteiger partial charge in [0.15, 0.2) is 5.16 Å². The Labute approximate surface area is 153 Å². The second-order valence-electron chi connectivity index (χ2n) is 5.17. The highest BCUT2D eigenvalue weighted by molar-refractivity contribution is 8.00. The van der Waals surface area contributed by atoms with Gasteiger partial charge in [0.2, 0.25) is 0 Å². The number of hydrogen-bond acceptors (Lipinski definition) is 6. The first-order chi connectivity index (χ1) is 12.2. The Morgan fingerprint density at radius 3 is 2.84 bits per heavy atom. The summed E-state index contributed by atoms with van der Waals surface area (Å²) in [4.78, 5) is 29.6. The van der Waals surface area contributed by atoms with Crippen molar-refractivity contribution in [2.45, 2.75) is 17.0 Å². The normalized spacial score (nSPS) is 12.0. The summed E-state index contributed by atoms with van der Waals surface area (Å²) in [5.41, 5.74) is 1.30. The van der Waals surface area contributed by atoms with Gasteiger partial charge in [0, 0.05) is 6.54 Å². The van der Waals surface area contributed by atoms with E-state index in [1.54, 1.807) is 12.1 Å². The van der Waals surface area contributed by atoms with Gasteiger partial charge in [-0.05, 0) is 17.0 Å².